The summed E-state index contributed by atoms with van der Waals surface area (Å²) in [5.74, 6) is 0.653. The molecule has 0 radical (unpaired) electrons. The van der Waals surface area contributed by atoms with Gasteiger partial charge in [-0.3, -0.25) is 0 Å². The molecule has 0 unspecified atom stereocenters. The first-order chi connectivity index (χ1) is 26.8. The number of fused-ring (bicyclic) bond motifs is 3. The molecule has 3 saturated heterocycles. The van der Waals surface area contributed by atoms with Crippen LogP contribution in [0.2, 0.25) is 5.82 Å². The summed E-state index contributed by atoms with van der Waals surface area (Å²) in [5.41, 5.74) is 3.77. The number of ether oxygens (including phenoxy) is 5. The fraction of sp³-hybridized carbons (Fsp3) is 0.489. The summed E-state index contributed by atoms with van der Waals surface area (Å²) in [6.45, 7) is 2.10. The topological polar surface area (TPSA) is 55.4 Å². The lowest BCUT2D eigenvalue weighted by Gasteiger charge is -2.58. The van der Waals surface area contributed by atoms with E-state index >= 15 is 0 Å². The molecule has 0 amide bonds. The first-order valence-corrected chi connectivity index (χ1v) is 20.7. The summed E-state index contributed by atoms with van der Waals surface area (Å²) in [7, 11) is 0. The Kier molecular flexibility index (Phi) is 12.9. The maximum atomic E-state index is 7.90. The molecule has 1 saturated carbocycles. The highest BCUT2D eigenvalue weighted by Gasteiger charge is 2.67. The van der Waals surface area contributed by atoms with E-state index < -0.39 is 29.9 Å². The van der Waals surface area contributed by atoms with Gasteiger partial charge in [0, 0.05) is 6.10 Å². The van der Waals surface area contributed by atoms with Gasteiger partial charge in [-0.05, 0) is 59.7 Å². The average molecular weight is 729 g/mol. The molecule has 4 fully saturated rings. The maximum Gasteiger partial charge on any atom is 0.332 e. The van der Waals surface area contributed by atoms with Crippen LogP contribution in [0.1, 0.15) is 86.5 Å². The van der Waals surface area contributed by atoms with Crippen molar-refractivity contribution >= 4 is 6.92 Å². The monoisotopic (exact) mass is 728 g/mol. The van der Waals surface area contributed by atoms with E-state index in [-0.39, 0.29) is 18.9 Å². The van der Waals surface area contributed by atoms with Gasteiger partial charge in [-0.2, -0.15) is 0 Å². The van der Waals surface area contributed by atoms with Crippen LogP contribution in [0, 0.1) is 5.92 Å². The van der Waals surface area contributed by atoms with Gasteiger partial charge in [0.2, 0.25) is 0 Å². The zero-order valence-electron chi connectivity index (χ0n) is 31.7. The first-order valence-electron chi connectivity index (χ1n) is 20.7. The van der Waals surface area contributed by atoms with Crippen LogP contribution in [0.4, 0.5) is 0 Å². The Morgan fingerprint density at radius 3 is 1.54 bits per heavy atom. The third-order valence-corrected chi connectivity index (χ3v) is 12.4. The van der Waals surface area contributed by atoms with Gasteiger partial charge in [0.1, 0.15) is 29.9 Å². The molecule has 5 atom stereocenters. The van der Waals surface area contributed by atoms with Crippen molar-refractivity contribution in [1.82, 2.24) is 0 Å². The van der Waals surface area contributed by atoms with Crippen molar-refractivity contribution in [2.24, 2.45) is 5.92 Å². The second-order valence-electron chi connectivity index (χ2n) is 16.0. The van der Waals surface area contributed by atoms with Gasteiger partial charge in [-0.1, -0.05) is 160 Å². The quantitative estimate of drug-likeness (QED) is 0.114. The van der Waals surface area contributed by atoms with E-state index in [0.717, 1.165) is 60.8 Å². The molecule has 4 aromatic carbocycles. The zero-order chi connectivity index (χ0) is 36.4. The smallest absolute Gasteiger partial charge is 0.332 e. The van der Waals surface area contributed by atoms with Crippen molar-refractivity contribution in [3.05, 3.63) is 144 Å². The fourth-order valence-corrected chi connectivity index (χ4v) is 9.84. The normalized spacial score (nSPS) is 28.9. The molecule has 3 heterocycles. The molecule has 8 rings (SSSR count). The van der Waals surface area contributed by atoms with E-state index in [9.17, 15) is 0 Å². The second-order valence-corrected chi connectivity index (χ2v) is 16.0. The number of benzene rings is 4. The summed E-state index contributed by atoms with van der Waals surface area (Å²) >= 11 is 0. The standard InChI is InChI=1S/C47H57BO6/c1-5-17-36(18-6-1)31-49-35-43-44(50-32-37-19-7-2-8-20-37)45(51-33-38-21-9-3-10-22-38)46(52-34-39-23-11-4-12-24-39)47(53-43,40-25-13-14-26-40)48-41-27-15-29-42(54-48)30-16-28-41/h1-12,17-24,40-46H,13-16,25-35H2/t41?,42?,43-,44-,45+,46-,47-/m1/s1. The maximum absolute atomic E-state index is 7.90. The molecule has 0 aromatic heterocycles. The van der Waals surface area contributed by atoms with Crippen molar-refractivity contribution in [1.29, 1.82) is 0 Å². The van der Waals surface area contributed by atoms with Crippen molar-refractivity contribution < 1.29 is 28.3 Å². The molecule has 6 nitrogen and oxygen atoms in total. The highest BCUT2D eigenvalue weighted by Crippen LogP contribution is 2.53. The SMILES string of the molecule is c1ccc(COC[C@H]2O[C@](B3OC4CCCC3CCC4)(C3CCCC3)[C@H](OCc3ccccc3)[C@@H](OCc3ccccc3)[C@@H]2OCc2ccccc2)cc1. The summed E-state index contributed by atoms with van der Waals surface area (Å²) in [6, 6.07) is 41.9. The lowest BCUT2D eigenvalue weighted by molar-refractivity contribution is -0.301. The molecule has 3 aliphatic heterocycles. The van der Waals surface area contributed by atoms with Crippen LogP contribution < -0.4 is 0 Å². The lowest BCUT2D eigenvalue weighted by Crippen LogP contribution is -2.75. The minimum Gasteiger partial charge on any atom is -0.430 e. The van der Waals surface area contributed by atoms with Gasteiger partial charge >= 0.3 is 6.92 Å². The predicted octanol–water partition coefficient (Wildman–Crippen LogP) is 9.94. The highest BCUT2D eigenvalue weighted by atomic mass is 16.6. The van der Waals surface area contributed by atoms with Gasteiger partial charge < -0.3 is 28.3 Å². The molecule has 4 aromatic rings. The van der Waals surface area contributed by atoms with Crippen LogP contribution in [-0.2, 0) is 54.8 Å². The molecule has 0 spiro atoms. The lowest BCUT2D eigenvalue weighted by atomic mass is 9.37. The Balaban J connectivity index is 1.23. The van der Waals surface area contributed by atoms with Crippen LogP contribution in [0.5, 0.6) is 0 Å². The predicted molar refractivity (Wildman–Crippen MR) is 213 cm³/mol. The zero-order valence-corrected chi connectivity index (χ0v) is 31.7. The Morgan fingerprint density at radius 1 is 0.519 bits per heavy atom. The minimum atomic E-state index is -0.738. The third-order valence-electron chi connectivity index (χ3n) is 12.4. The summed E-state index contributed by atoms with van der Waals surface area (Å²) in [4.78, 5) is 0. The third kappa shape index (κ3) is 8.88. The van der Waals surface area contributed by atoms with Gasteiger partial charge in [0.15, 0.2) is 0 Å². The minimum absolute atomic E-state index is 0.106. The molecular formula is C47H57BO6. The molecule has 7 heteroatoms. The van der Waals surface area contributed by atoms with Gasteiger partial charge in [-0.15, -0.1) is 0 Å². The summed E-state index contributed by atoms with van der Waals surface area (Å²) in [6.07, 6.45) is 9.98. The Labute approximate surface area is 323 Å². The molecule has 4 aliphatic rings. The van der Waals surface area contributed by atoms with E-state index in [1.54, 1.807) is 0 Å². The number of rotatable bonds is 15. The van der Waals surface area contributed by atoms with Crippen molar-refractivity contribution in [2.45, 2.75) is 132 Å². The molecular weight excluding hydrogens is 671 g/mol. The van der Waals surface area contributed by atoms with Gasteiger partial charge in [-0.25, -0.2) is 0 Å². The summed E-state index contributed by atoms with van der Waals surface area (Å²) in [5, 5.41) is 0. The first kappa shape index (κ1) is 37.6. The van der Waals surface area contributed by atoms with Crippen molar-refractivity contribution in [3.8, 4) is 0 Å². The molecule has 0 N–H and O–H groups in total. The Hall–Kier alpha value is -3.30. The van der Waals surface area contributed by atoms with Gasteiger partial charge in [0.05, 0.1) is 33.0 Å². The van der Waals surface area contributed by atoms with E-state index in [4.69, 9.17) is 28.3 Å². The summed E-state index contributed by atoms with van der Waals surface area (Å²) < 4.78 is 43.7. The molecule has 1 aliphatic carbocycles. The van der Waals surface area contributed by atoms with E-state index in [0.29, 0.717) is 38.9 Å². The Morgan fingerprint density at radius 2 is 1.00 bits per heavy atom. The van der Waals surface area contributed by atoms with Crippen LogP contribution in [-0.4, -0.2) is 49.5 Å². The number of hydrogen-bond acceptors (Lipinski definition) is 6. The fourth-order valence-electron chi connectivity index (χ4n) is 9.84. The average Bonchev–Trinajstić information content (AvgIpc) is 3.59. The van der Waals surface area contributed by atoms with Crippen molar-refractivity contribution in [2.75, 3.05) is 6.61 Å². The number of hydrogen-bond donors (Lipinski definition) is 0. The largest absolute Gasteiger partial charge is 0.430 e. The van der Waals surface area contributed by atoms with E-state index in [1.165, 1.54) is 25.7 Å². The van der Waals surface area contributed by atoms with E-state index in [2.05, 4.69) is 109 Å². The van der Waals surface area contributed by atoms with Crippen molar-refractivity contribution in [3.63, 3.8) is 0 Å². The van der Waals surface area contributed by atoms with Crippen LogP contribution in [0.15, 0.2) is 121 Å². The van der Waals surface area contributed by atoms with Crippen LogP contribution in [0.3, 0.4) is 0 Å². The Bertz CT molecular complexity index is 1660. The van der Waals surface area contributed by atoms with E-state index in [1.807, 2.05) is 12.1 Å². The molecule has 284 valence electrons. The van der Waals surface area contributed by atoms with Gasteiger partial charge in [0.25, 0.3) is 0 Å². The highest BCUT2D eigenvalue weighted by molar-refractivity contribution is 6.57. The van der Waals surface area contributed by atoms with Crippen LogP contribution in [0.25, 0.3) is 0 Å². The second kappa shape index (κ2) is 18.6. The molecule has 54 heavy (non-hydrogen) atoms. The molecule has 2 bridgehead atoms. The van der Waals surface area contributed by atoms with Crippen LogP contribution >= 0.6 is 0 Å².